The fraction of sp³-hybridized carbons (Fsp3) is 0.179. The number of carbonyl (C=O) groups excluding carboxylic acids is 2. The van der Waals surface area contributed by atoms with E-state index in [0.29, 0.717) is 39.4 Å². The van der Waals surface area contributed by atoms with Gasteiger partial charge in [0.1, 0.15) is 11.3 Å². The maximum absolute atomic E-state index is 12.7. The summed E-state index contributed by atoms with van der Waals surface area (Å²) in [7, 11) is 1.55. The van der Waals surface area contributed by atoms with Gasteiger partial charge >= 0.3 is 5.63 Å². The van der Waals surface area contributed by atoms with Gasteiger partial charge in [0.2, 0.25) is 5.91 Å². The third kappa shape index (κ3) is 5.24. The maximum Gasteiger partial charge on any atom is 0.339 e. The average Bonchev–Trinajstić information content (AvgIpc) is 2.85. The first-order valence-corrected chi connectivity index (χ1v) is 11.2. The van der Waals surface area contributed by atoms with Crippen molar-refractivity contribution in [1.82, 2.24) is 0 Å². The van der Waals surface area contributed by atoms with Crippen LogP contribution in [0.5, 0.6) is 5.75 Å². The standard InChI is InChI=1S/C28H26N2O5/c1-17-21-13-12-20(34-3)16-25(21)35-28(33)23(17)14-15-26(31)30-24-11-7-10-22(18(24)2)27(32)29-19-8-5-4-6-9-19/h4-13,16H,14-15H2,1-3H3,(H,29,32)(H,30,31). The Bertz CT molecular complexity index is 1460. The average molecular weight is 471 g/mol. The summed E-state index contributed by atoms with van der Waals surface area (Å²) in [4.78, 5) is 38.0. The zero-order chi connectivity index (χ0) is 24.9. The summed E-state index contributed by atoms with van der Waals surface area (Å²) in [6.45, 7) is 3.63. The zero-order valence-corrected chi connectivity index (χ0v) is 19.8. The quantitative estimate of drug-likeness (QED) is 0.360. The van der Waals surface area contributed by atoms with E-state index >= 15 is 0 Å². The van der Waals surface area contributed by atoms with E-state index in [4.69, 9.17) is 9.15 Å². The van der Waals surface area contributed by atoms with Gasteiger partial charge in [-0.2, -0.15) is 0 Å². The minimum atomic E-state index is -0.466. The molecule has 0 unspecified atom stereocenters. The van der Waals surface area contributed by atoms with Crippen LogP contribution in [0.15, 0.2) is 75.9 Å². The van der Waals surface area contributed by atoms with Gasteiger partial charge in [-0.25, -0.2) is 4.79 Å². The second-order valence-electron chi connectivity index (χ2n) is 8.20. The minimum absolute atomic E-state index is 0.0904. The van der Waals surface area contributed by atoms with E-state index in [-0.39, 0.29) is 24.7 Å². The SMILES string of the molecule is COc1ccc2c(C)c(CCC(=O)Nc3cccc(C(=O)Nc4ccccc4)c3C)c(=O)oc2c1. The van der Waals surface area contributed by atoms with E-state index < -0.39 is 5.63 Å². The second kappa shape index (κ2) is 10.3. The number of anilines is 2. The Hall–Kier alpha value is -4.39. The molecular formula is C28H26N2O5. The van der Waals surface area contributed by atoms with Gasteiger partial charge in [0.25, 0.3) is 5.91 Å². The number of carbonyl (C=O) groups is 2. The zero-order valence-electron chi connectivity index (χ0n) is 19.8. The molecule has 0 bridgehead atoms. The molecule has 0 aliphatic rings. The molecule has 0 spiro atoms. The van der Waals surface area contributed by atoms with Gasteiger partial charge in [0.05, 0.1) is 7.11 Å². The van der Waals surface area contributed by atoms with Gasteiger partial charge in [-0.3, -0.25) is 9.59 Å². The highest BCUT2D eigenvalue weighted by atomic mass is 16.5. The van der Waals surface area contributed by atoms with Gasteiger partial charge in [-0.1, -0.05) is 24.3 Å². The Kier molecular flexibility index (Phi) is 6.96. The molecule has 7 nitrogen and oxygen atoms in total. The predicted octanol–water partition coefficient (Wildman–Crippen LogP) is 5.24. The van der Waals surface area contributed by atoms with Crippen LogP contribution in [0.4, 0.5) is 11.4 Å². The molecular weight excluding hydrogens is 444 g/mol. The van der Waals surface area contributed by atoms with Crippen LogP contribution in [-0.2, 0) is 11.2 Å². The summed E-state index contributed by atoms with van der Waals surface area (Å²) in [5, 5.41) is 6.52. The van der Waals surface area contributed by atoms with Crippen LogP contribution < -0.4 is 21.0 Å². The fourth-order valence-corrected chi connectivity index (χ4v) is 3.98. The highest BCUT2D eigenvalue weighted by Crippen LogP contribution is 2.25. The molecule has 0 fully saturated rings. The molecule has 3 aromatic carbocycles. The number of rotatable bonds is 7. The van der Waals surface area contributed by atoms with E-state index in [1.807, 2.05) is 31.2 Å². The molecule has 0 aliphatic carbocycles. The Morgan fingerprint density at radius 1 is 0.914 bits per heavy atom. The summed E-state index contributed by atoms with van der Waals surface area (Å²) in [6.07, 6.45) is 0.322. The van der Waals surface area contributed by atoms with E-state index in [1.165, 1.54) is 0 Å². The molecule has 0 radical (unpaired) electrons. The molecule has 4 rings (SSSR count). The molecule has 4 aromatic rings. The topological polar surface area (TPSA) is 97.6 Å². The molecule has 1 aromatic heterocycles. The molecule has 2 amide bonds. The highest BCUT2D eigenvalue weighted by molar-refractivity contribution is 6.06. The fourth-order valence-electron chi connectivity index (χ4n) is 3.98. The number of fused-ring (bicyclic) bond motifs is 1. The van der Waals surface area contributed by atoms with Crippen LogP contribution in [0.25, 0.3) is 11.0 Å². The van der Waals surface area contributed by atoms with Crippen molar-refractivity contribution in [2.45, 2.75) is 26.7 Å². The van der Waals surface area contributed by atoms with Crippen LogP contribution in [0.1, 0.15) is 33.5 Å². The van der Waals surface area contributed by atoms with E-state index in [9.17, 15) is 14.4 Å². The Labute approximate surface area is 202 Å². The lowest BCUT2D eigenvalue weighted by Crippen LogP contribution is -2.18. The molecule has 0 atom stereocenters. The first kappa shape index (κ1) is 23.8. The van der Waals surface area contributed by atoms with Gasteiger partial charge in [0, 0.05) is 40.4 Å². The van der Waals surface area contributed by atoms with Gasteiger partial charge < -0.3 is 19.8 Å². The first-order valence-electron chi connectivity index (χ1n) is 11.2. The number of amides is 2. The number of nitrogens with one attached hydrogen (secondary N) is 2. The predicted molar refractivity (Wildman–Crippen MR) is 136 cm³/mol. The van der Waals surface area contributed by atoms with Crippen LogP contribution in [-0.4, -0.2) is 18.9 Å². The maximum atomic E-state index is 12.7. The summed E-state index contributed by atoms with van der Waals surface area (Å²) in [6, 6.07) is 19.7. The Morgan fingerprint density at radius 3 is 2.43 bits per heavy atom. The lowest BCUT2D eigenvalue weighted by atomic mass is 10.0. The highest BCUT2D eigenvalue weighted by Gasteiger charge is 2.16. The third-order valence-electron chi connectivity index (χ3n) is 5.98. The van der Waals surface area contributed by atoms with Crippen molar-refractivity contribution >= 4 is 34.2 Å². The number of methoxy groups -OCH3 is 1. The molecule has 178 valence electrons. The van der Waals surface area contributed by atoms with Crippen molar-refractivity contribution < 1.29 is 18.7 Å². The molecule has 0 saturated heterocycles. The molecule has 35 heavy (non-hydrogen) atoms. The third-order valence-corrected chi connectivity index (χ3v) is 5.98. The molecule has 1 heterocycles. The van der Waals surface area contributed by atoms with Crippen molar-refractivity contribution in [3.63, 3.8) is 0 Å². The number of benzene rings is 3. The number of para-hydroxylation sites is 1. The molecule has 0 saturated carbocycles. The van der Waals surface area contributed by atoms with Gasteiger partial charge in [-0.15, -0.1) is 0 Å². The van der Waals surface area contributed by atoms with Crippen molar-refractivity contribution in [3.05, 3.63) is 99.4 Å². The normalized spacial score (nSPS) is 10.7. The second-order valence-corrected chi connectivity index (χ2v) is 8.20. The number of ether oxygens (including phenoxy) is 1. The van der Waals surface area contributed by atoms with Crippen LogP contribution >= 0.6 is 0 Å². The van der Waals surface area contributed by atoms with Crippen molar-refractivity contribution in [3.8, 4) is 5.75 Å². The minimum Gasteiger partial charge on any atom is -0.497 e. The van der Waals surface area contributed by atoms with E-state index in [2.05, 4.69) is 10.6 Å². The molecule has 7 heteroatoms. The van der Waals surface area contributed by atoms with Crippen LogP contribution in [0.2, 0.25) is 0 Å². The summed E-state index contributed by atoms with van der Waals surface area (Å²) < 4.78 is 10.7. The number of aryl methyl sites for hydroxylation is 1. The lowest BCUT2D eigenvalue weighted by Gasteiger charge is -2.13. The van der Waals surface area contributed by atoms with E-state index in [0.717, 1.165) is 10.9 Å². The number of hydrogen-bond acceptors (Lipinski definition) is 5. The summed E-state index contributed by atoms with van der Waals surface area (Å²) in [5.74, 6) is 0.0791. The number of hydrogen-bond donors (Lipinski definition) is 2. The summed E-state index contributed by atoms with van der Waals surface area (Å²) >= 11 is 0. The van der Waals surface area contributed by atoms with Crippen LogP contribution in [0, 0.1) is 13.8 Å². The van der Waals surface area contributed by atoms with Gasteiger partial charge in [0.15, 0.2) is 0 Å². The Morgan fingerprint density at radius 2 is 1.69 bits per heavy atom. The molecule has 2 N–H and O–H groups in total. The van der Waals surface area contributed by atoms with Crippen molar-refractivity contribution in [2.24, 2.45) is 0 Å². The summed E-state index contributed by atoms with van der Waals surface area (Å²) in [5.41, 5.74) is 3.58. The smallest absolute Gasteiger partial charge is 0.339 e. The van der Waals surface area contributed by atoms with Crippen molar-refractivity contribution in [1.29, 1.82) is 0 Å². The van der Waals surface area contributed by atoms with E-state index in [1.54, 1.807) is 56.5 Å². The lowest BCUT2D eigenvalue weighted by molar-refractivity contribution is -0.116. The van der Waals surface area contributed by atoms with Gasteiger partial charge in [-0.05, 0) is 67.8 Å². The van der Waals surface area contributed by atoms with Crippen molar-refractivity contribution in [2.75, 3.05) is 17.7 Å². The molecule has 0 aliphatic heterocycles. The first-order chi connectivity index (χ1) is 16.9. The monoisotopic (exact) mass is 470 g/mol. The Balaban J connectivity index is 1.46. The van der Waals surface area contributed by atoms with Crippen LogP contribution in [0.3, 0.4) is 0 Å². The largest absolute Gasteiger partial charge is 0.497 e.